The molecule has 104 valence electrons. The van der Waals surface area contributed by atoms with Gasteiger partial charge in [0.15, 0.2) is 0 Å². The average Bonchev–Trinajstić information content (AvgIpc) is 2.93. The lowest BCUT2D eigenvalue weighted by Crippen LogP contribution is -2.31. The minimum absolute atomic E-state index is 0.0677. The van der Waals surface area contributed by atoms with Crippen molar-refractivity contribution in [3.63, 3.8) is 0 Å². The molecule has 0 N–H and O–H groups in total. The van der Waals surface area contributed by atoms with E-state index in [1.165, 1.54) is 0 Å². The fourth-order valence-electron chi connectivity index (χ4n) is 2.41. The minimum atomic E-state index is -0.0677. The Labute approximate surface area is 117 Å². The molecule has 1 amide bonds. The van der Waals surface area contributed by atoms with E-state index in [-0.39, 0.29) is 5.91 Å². The summed E-state index contributed by atoms with van der Waals surface area (Å²) < 4.78 is 7.36. The summed E-state index contributed by atoms with van der Waals surface area (Å²) in [6, 6.07) is 9.65. The summed E-state index contributed by atoms with van der Waals surface area (Å²) in [7, 11) is 0. The molecule has 5 nitrogen and oxygen atoms in total. The molecule has 1 aromatic carbocycles. The van der Waals surface area contributed by atoms with Crippen molar-refractivity contribution in [1.82, 2.24) is 9.78 Å². The highest BCUT2D eigenvalue weighted by molar-refractivity contribution is 6.07. The monoisotopic (exact) mass is 271 g/mol. The van der Waals surface area contributed by atoms with Crippen molar-refractivity contribution in [2.24, 2.45) is 0 Å². The van der Waals surface area contributed by atoms with Crippen molar-refractivity contribution in [3.8, 4) is 5.88 Å². The zero-order valence-electron chi connectivity index (χ0n) is 11.5. The van der Waals surface area contributed by atoms with E-state index < -0.39 is 0 Å². The van der Waals surface area contributed by atoms with Gasteiger partial charge in [0.2, 0.25) is 5.88 Å². The van der Waals surface area contributed by atoms with Gasteiger partial charge in [-0.15, -0.1) is 0 Å². The topological polar surface area (TPSA) is 47.4 Å². The van der Waals surface area contributed by atoms with Crippen LogP contribution in [0.4, 0.5) is 5.69 Å². The van der Waals surface area contributed by atoms with Gasteiger partial charge in [-0.3, -0.25) is 4.79 Å². The van der Waals surface area contributed by atoms with Crippen LogP contribution in [0, 0.1) is 0 Å². The number of aryl methyl sites for hydroxylation is 1. The van der Waals surface area contributed by atoms with E-state index in [9.17, 15) is 4.79 Å². The molecule has 20 heavy (non-hydrogen) atoms. The normalized spacial score (nSPS) is 13.4. The van der Waals surface area contributed by atoms with Crippen LogP contribution in [0.1, 0.15) is 23.7 Å². The Kier molecular flexibility index (Phi) is 3.41. The van der Waals surface area contributed by atoms with Crippen LogP contribution in [0.5, 0.6) is 5.88 Å². The van der Waals surface area contributed by atoms with E-state index in [4.69, 9.17) is 4.74 Å². The first kappa shape index (κ1) is 12.7. The number of carbonyl (C=O) groups excluding carboxylic acids is 1. The summed E-state index contributed by atoms with van der Waals surface area (Å²) in [5.41, 5.74) is 1.42. The van der Waals surface area contributed by atoms with E-state index in [1.807, 2.05) is 37.3 Å². The molecule has 2 heterocycles. The van der Waals surface area contributed by atoms with Crippen molar-refractivity contribution in [2.75, 3.05) is 18.1 Å². The van der Waals surface area contributed by atoms with E-state index in [2.05, 4.69) is 5.10 Å². The number of hydrogen-bond donors (Lipinski definition) is 0. The lowest BCUT2D eigenvalue weighted by molar-refractivity contribution is 0.0982. The first-order chi connectivity index (χ1) is 9.81. The summed E-state index contributed by atoms with van der Waals surface area (Å²) in [5, 5.41) is 4.23. The summed E-state index contributed by atoms with van der Waals surface area (Å²) in [4.78, 5) is 14.4. The maximum Gasteiger partial charge on any atom is 0.265 e. The Bertz CT molecular complexity index is 607. The van der Waals surface area contributed by atoms with Crippen LogP contribution in [0.25, 0.3) is 0 Å². The molecule has 1 aromatic heterocycles. The highest BCUT2D eigenvalue weighted by atomic mass is 16.5. The second-order valence-electron chi connectivity index (χ2n) is 4.67. The highest BCUT2D eigenvalue weighted by Crippen LogP contribution is 2.25. The molecule has 1 aliphatic heterocycles. The zero-order valence-corrected chi connectivity index (χ0v) is 11.5. The summed E-state index contributed by atoms with van der Waals surface area (Å²) in [5.74, 6) is 0.525. The molecule has 3 rings (SSSR count). The number of nitrogens with zero attached hydrogens (tertiary/aromatic N) is 3. The Balaban J connectivity index is 1.93. The van der Waals surface area contributed by atoms with Gasteiger partial charge >= 0.3 is 0 Å². The molecular weight excluding hydrogens is 254 g/mol. The average molecular weight is 271 g/mol. The zero-order chi connectivity index (χ0) is 13.9. The molecule has 1 aliphatic rings. The van der Waals surface area contributed by atoms with Crippen LogP contribution in [-0.2, 0) is 6.54 Å². The lowest BCUT2D eigenvalue weighted by atomic mass is 10.2. The van der Waals surface area contributed by atoms with E-state index in [1.54, 1.807) is 15.8 Å². The van der Waals surface area contributed by atoms with Gasteiger partial charge < -0.3 is 9.64 Å². The van der Waals surface area contributed by atoms with E-state index >= 15 is 0 Å². The SMILES string of the molecule is CCN(C(=O)c1cnn2c1OCCC2)c1ccccc1. The fourth-order valence-corrected chi connectivity index (χ4v) is 2.41. The minimum Gasteiger partial charge on any atom is -0.477 e. The molecule has 5 heteroatoms. The molecule has 0 bridgehead atoms. The Hall–Kier alpha value is -2.30. The molecule has 0 fully saturated rings. The molecule has 2 aromatic rings. The molecule has 0 radical (unpaired) electrons. The first-order valence-electron chi connectivity index (χ1n) is 6.86. The second-order valence-corrected chi connectivity index (χ2v) is 4.67. The van der Waals surface area contributed by atoms with Crippen molar-refractivity contribution in [1.29, 1.82) is 0 Å². The van der Waals surface area contributed by atoms with Gasteiger partial charge in [-0.2, -0.15) is 5.10 Å². The molecule has 0 atom stereocenters. The number of fused-ring (bicyclic) bond motifs is 1. The maximum atomic E-state index is 12.7. The van der Waals surface area contributed by atoms with Gasteiger partial charge in [0.05, 0.1) is 12.8 Å². The molecule has 0 spiro atoms. The summed E-state index contributed by atoms with van der Waals surface area (Å²) in [6.45, 7) is 4.01. The van der Waals surface area contributed by atoms with Crippen molar-refractivity contribution >= 4 is 11.6 Å². The third-order valence-corrected chi connectivity index (χ3v) is 3.40. The maximum absolute atomic E-state index is 12.7. The Morgan fingerprint density at radius 3 is 2.95 bits per heavy atom. The van der Waals surface area contributed by atoms with Gasteiger partial charge in [-0.05, 0) is 19.1 Å². The quantitative estimate of drug-likeness (QED) is 0.860. The molecule has 0 saturated heterocycles. The van der Waals surface area contributed by atoms with E-state index in [0.29, 0.717) is 24.6 Å². The van der Waals surface area contributed by atoms with Gasteiger partial charge in [0.1, 0.15) is 5.56 Å². The number of ether oxygens (including phenoxy) is 1. The van der Waals surface area contributed by atoms with Gasteiger partial charge in [0, 0.05) is 25.2 Å². The molecule has 0 saturated carbocycles. The third kappa shape index (κ3) is 2.15. The number of amides is 1. The first-order valence-corrected chi connectivity index (χ1v) is 6.86. The number of aromatic nitrogens is 2. The van der Waals surface area contributed by atoms with Crippen LogP contribution in [0.2, 0.25) is 0 Å². The van der Waals surface area contributed by atoms with Crippen molar-refractivity contribution in [3.05, 3.63) is 42.1 Å². The molecule has 0 aliphatic carbocycles. The van der Waals surface area contributed by atoms with Crippen LogP contribution in [-0.4, -0.2) is 28.8 Å². The number of carbonyl (C=O) groups is 1. The number of rotatable bonds is 3. The van der Waals surface area contributed by atoms with Gasteiger partial charge in [-0.1, -0.05) is 18.2 Å². The fraction of sp³-hybridized carbons (Fsp3) is 0.333. The Morgan fingerprint density at radius 2 is 2.20 bits per heavy atom. The van der Waals surface area contributed by atoms with Crippen molar-refractivity contribution < 1.29 is 9.53 Å². The third-order valence-electron chi connectivity index (χ3n) is 3.40. The highest BCUT2D eigenvalue weighted by Gasteiger charge is 2.25. The lowest BCUT2D eigenvalue weighted by Gasteiger charge is -2.22. The van der Waals surface area contributed by atoms with Crippen LogP contribution in [0.15, 0.2) is 36.5 Å². The van der Waals surface area contributed by atoms with Crippen molar-refractivity contribution in [2.45, 2.75) is 19.9 Å². The van der Waals surface area contributed by atoms with Crippen LogP contribution >= 0.6 is 0 Å². The summed E-state index contributed by atoms with van der Waals surface area (Å²) in [6.07, 6.45) is 2.53. The smallest absolute Gasteiger partial charge is 0.265 e. The van der Waals surface area contributed by atoms with Crippen LogP contribution < -0.4 is 9.64 Å². The van der Waals surface area contributed by atoms with Crippen LogP contribution in [0.3, 0.4) is 0 Å². The number of benzene rings is 1. The largest absolute Gasteiger partial charge is 0.477 e. The summed E-state index contributed by atoms with van der Waals surface area (Å²) >= 11 is 0. The predicted octanol–water partition coefficient (Wildman–Crippen LogP) is 2.33. The standard InChI is InChI=1S/C15H17N3O2/c1-2-17(12-7-4-3-5-8-12)14(19)13-11-16-18-9-6-10-20-15(13)18/h3-5,7-8,11H,2,6,9-10H2,1H3. The molecular formula is C15H17N3O2. The predicted molar refractivity (Wildman–Crippen MR) is 76.1 cm³/mol. The number of para-hydroxylation sites is 1. The van der Waals surface area contributed by atoms with Gasteiger partial charge in [-0.25, -0.2) is 4.68 Å². The molecule has 0 unspecified atom stereocenters. The number of anilines is 1. The van der Waals surface area contributed by atoms with Gasteiger partial charge in [0.25, 0.3) is 5.91 Å². The van der Waals surface area contributed by atoms with E-state index in [0.717, 1.165) is 18.7 Å². The Morgan fingerprint density at radius 1 is 1.40 bits per heavy atom. The number of hydrogen-bond acceptors (Lipinski definition) is 3. The second kappa shape index (κ2) is 5.36.